The molecule has 4 fully saturated rings. The van der Waals surface area contributed by atoms with Gasteiger partial charge in [0.2, 0.25) is 0 Å². The molecule has 12 atom stereocenters. The average molecular weight is 1600 g/mol. The number of aliphatic hydroxyl groups excluding tert-OH is 5. The number of methoxy groups -OCH3 is 3. The lowest BCUT2D eigenvalue weighted by molar-refractivity contribution is -0.202. The molecule has 4 aliphatic heterocycles. The number of nitrogens with zero attached hydrogens (tertiary/aromatic N) is 12. The van der Waals surface area contributed by atoms with E-state index in [0.717, 1.165) is 16.7 Å². The van der Waals surface area contributed by atoms with Crippen LogP contribution >= 0.6 is 0 Å². The Morgan fingerprint density at radius 1 is 0.417 bits per heavy atom. The van der Waals surface area contributed by atoms with Crippen LogP contribution < -0.4 is 44.4 Å². The number of hydrogen-bond donors (Lipinski definition) is 8. The van der Waals surface area contributed by atoms with Crippen molar-refractivity contribution in [1.29, 1.82) is 0 Å². The summed E-state index contributed by atoms with van der Waals surface area (Å²) in [5, 5.41) is 60.5. The van der Waals surface area contributed by atoms with E-state index in [2.05, 4.69) is 60.8 Å². The fraction of sp³-hybridized carbons (Fsp3) is 0.506. The largest absolute Gasteiger partial charge is 0.493 e. The Balaban J connectivity index is 0.000000171. The smallest absolute Gasteiger partial charge is 0.311 e. The molecule has 0 aliphatic carbocycles. The molecule has 3 aromatic carbocycles. The third-order valence-corrected chi connectivity index (χ3v) is 18.7. The van der Waals surface area contributed by atoms with Crippen LogP contribution in [0.2, 0.25) is 0 Å². The molecule has 4 aliphatic rings. The van der Waals surface area contributed by atoms with Gasteiger partial charge in [0, 0.05) is 51.7 Å². The highest BCUT2D eigenvalue weighted by Crippen LogP contribution is 2.45. The van der Waals surface area contributed by atoms with Crippen molar-refractivity contribution < 1.29 is 111 Å². The molecule has 0 spiro atoms. The van der Waals surface area contributed by atoms with Crippen LogP contribution in [0.25, 0.3) is 33.5 Å². The van der Waals surface area contributed by atoms with Crippen molar-refractivity contribution in [3.8, 4) is 34.5 Å². The fourth-order valence-electron chi connectivity index (χ4n) is 13.0. The maximum Gasteiger partial charge on any atom is 0.311 e. The van der Waals surface area contributed by atoms with E-state index < -0.39 is 92.0 Å². The lowest BCUT2D eigenvalue weighted by atomic mass is 10.1. The molecule has 0 saturated carbocycles. The van der Waals surface area contributed by atoms with E-state index in [1.807, 2.05) is 54.5 Å². The maximum atomic E-state index is 12.0. The van der Waals surface area contributed by atoms with Gasteiger partial charge in [-0.1, -0.05) is 52.8 Å². The molecule has 618 valence electrons. The molecule has 38 heteroatoms. The Bertz CT molecular complexity index is 4810. The number of carbonyl (C=O) groups is 5. The lowest BCUT2D eigenvalue weighted by Gasteiger charge is -2.24. The van der Waals surface area contributed by atoms with Gasteiger partial charge in [-0.3, -0.25) is 37.7 Å². The van der Waals surface area contributed by atoms with Gasteiger partial charge in [0.15, 0.2) is 110 Å². The predicted octanol–water partition coefficient (Wildman–Crippen LogP) is 6.79. The Hall–Kier alpha value is -10.9. The van der Waals surface area contributed by atoms with Gasteiger partial charge in [-0.15, -0.1) is 0 Å². The van der Waals surface area contributed by atoms with Crippen LogP contribution in [0.3, 0.4) is 0 Å². The molecular formula is C77H97N15O23. The van der Waals surface area contributed by atoms with E-state index in [1.165, 1.54) is 62.1 Å². The second-order valence-corrected chi connectivity index (χ2v) is 27.6. The lowest BCUT2D eigenvalue weighted by Crippen LogP contribution is -2.34. The van der Waals surface area contributed by atoms with E-state index in [9.17, 15) is 49.5 Å². The second kappa shape index (κ2) is 39.4. The van der Waals surface area contributed by atoms with Crippen molar-refractivity contribution in [1.82, 2.24) is 58.6 Å². The van der Waals surface area contributed by atoms with Crippen LogP contribution in [-0.4, -0.2) is 216 Å². The first kappa shape index (κ1) is 85.0. The number of hydrogen-bond acceptors (Lipinski definition) is 35. The molecule has 3 unspecified atom stereocenters. The Morgan fingerprint density at radius 2 is 0.748 bits per heavy atom. The van der Waals surface area contributed by atoms with Gasteiger partial charge in [-0.25, -0.2) is 44.9 Å². The summed E-state index contributed by atoms with van der Waals surface area (Å²) in [7, 11) is 4.53. The summed E-state index contributed by atoms with van der Waals surface area (Å²) in [6.07, 6.45) is 2.87. The summed E-state index contributed by atoms with van der Waals surface area (Å²) >= 11 is 0. The number of imidazole rings is 3. The topological polar surface area (TPSA) is 473 Å². The van der Waals surface area contributed by atoms with Crippen LogP contribution in [0.4, 0.5) is 17.5 Å². The highest BCUT2D eigenvalue weighted by atomic mass is 16.8. The van der Waals surface area contributed by atoms with Crippen molar-refractivity contribution in [2.75, 3.05) is 57.1 Å². The minimum absolute atomic E-state index is 0.0599. The SMILES string of the molecule is CCCC(=O)OC[C@H]1O[C@@H](n2cnc3c(NCc4ccc(OC(=O)CCC)c(OC)c4)ncnc32)[C@@H](O)C1O.CCCC(=O)OC[C@H]1O[C@@H](n2cnc3c(NCc4ccc(OC(=O)CCC)c(OC)c4)ncnc32)[C@H]2OC(C)(C)OC12.CCCC(=O)Oc1ccc(CNc2ncnc3c2ncn3[C@@H]2O[C@H](CO)C(O)[C@@H]2O)cc1OC. The summed E-state index contributed by atoms with van der Waals surface area (Å²) in [5.74, 6) is 1.36. The molecule has 115 heavy (non-hydrogen) atoms. The predicted molar refractivity (Wildman–Crippen MR) is 407 cm³/mol. The minimum Gasteiger partial charge on any atom is -0.493 e. The molecule has 0 radical (unpaired) electrons. The number of aliphatic hydroxyl groups is 5. The Kier molecular flexibility index (Phi) is 29.1. The third kappa shape index (κ3) is 20.4. The van der Waals surface area contributed by atoms with Crippen molar-refractivity contribution in [2.45, 2.75) is 212 Å². The van der Waals surface area contributed by atoms with E-state index in [4.69, 9.17) is 61.6 Å². The number of nitrogens with one attached hydrogen (secondary N) is 3. The highest BCUT2D eigenvalue weighted by Gasteiger charge is 2.57. The summed E-state index contributed by atoms with van der Waals surface area (Å²) in [4.78, 5) is 98.6. The standard InChI is InChI=1S/C29H37N5O8.C26H33N5O8.C22H27N5O7/c1-6-8-21(35)38-14-20-24-25(42-29(3,4)41-24)28(40-20)34-16-33-23-26(31-15-32-27(23)34)30-13-17-10-11-18(19(12-17)37-5)39-22(36)9-7-2;1-4-6-19(32)37-12-18-22(34)23(35)26(39-18)31-14-30-21-24(28-13-29-25(21)31)27-11-15-8-9-16(17(10-15)36-3)38-20(33)7-5-2;1-3-4-16(29)33-13-6-5-12(7-14(13)32-2)8-23-20-17-21(25-10-24-20)27(11-26-17)22-19(31)18(30)15(9-28)34-22/h10-12,15-16,20,24-25,28H,6-9,13-14H2,1-5H3,(H,30,31,32);8-10,13-14,18,22-23,26,34-35H,4-7,11-12H2,1-3H3,(H,27,28,29);5-7,10-11,15,18-19,22,28,30-31H,3-4,8-9H2,1-2H3,(H,23,24,25)/t20-,24?,25+,28-;18-,22?,23+,26-;15-,18?,19+,22-/m111/s1. The fourth-order valence-corrected chi connectivity index (χ4v) is 13.0. The molecule has 6 aromatic heterocycles. The van der Waals surface area contributed by atoms with Crippen molar-refractivity contribution in [3.05, 3.63) is 109 Å². The molecule has 8 N–H and O–H groups in total. The first-order valence-corrected chi connectivity index (χ1v) is 37.9. The van der Waals surface area contributed by atoms with Crippen LogP contribution in [-0.2, 0) is 76.8 Å². The third-order valence-electron chi connectivity index (χ3n) is 18.7. The second-order valence-electron chi connectivity index (χ2n) is 27.6. The number of esters is 5. The summed E-state index contributed by atoms with van der Waals surface area (Å²) in [6, 6.07) is 15.8. The molecule has 10 heterocycles. The summed E-state index contributed by atoms with van der Waals surface area (Å²) in [5.41, 5.74) is 5.30. The number of carbonyl (C=O) groups excluding carboxylic acids is 5. The first-order chi connectivity index (χ1) is 55.5. The van der Waals surface area contributed by atoms with Crippen molar-refractivity contribution in [3.63, 3.8) is 0 Å². The molecule has 9 aromatic rings. The number of fused-ring (bicyclic) bond motifs is 4. The molecule has 0 amide bonds. The molecule has 38 nitrogen and oxygen atoms in total. The number of aromatic nitrogens is 12. The van der Waals surface area contributed by atoms with Gasteiger partial charge in [0.25, 0.3) is 0 Å². The van der Waals surface area contributed by atoms with Gasteiger partial charge in [-0.2, -0.15) is 0 Å². The van der Waals surface area contributed by atoms with Crippen molar-refractivity contribution in [2.24, 2.45) is 0 Å². The van der Waals surface area contributed by atoms with Gasteiger partial charge in [0.1, 0.15) is 87.1 Å². The van der Waals surface area contributed by atoms with E-state index in [1.54, 1.807) is 59.4 Å². The first-order valence-electron chi connectivity index (χ1n) is 37.9. The normalized spacial score (nSPS) is 21.8. The quantitative estimate of drug-likeness (QED) is 0.0155. The zero-order chi connectivity index (χ0) is 82.0. The number of ether oxygens (including phenoxy) is 13. The zero-order valence-corrected chi connectivity index (χ0v) is 65.4. The van der Waals surface area contributed by atoms with Crippen LogP contribution in [0, 0.1) is 0 Å². The van der Waals surface area contributed by atoms with Crippen LogP contribution in [0.5, 0.6) is 34.5 Å². The van der Waals surface area contributed by atoms with Crippen LogP contribution in [0.1, 0.15) is 148 Å². The zero-order valence-electron chi connectivity index (χ0n) is 65.4. The van der Waals surface area contributed by atoms with E-state index >= 15 is 0 Å². The number of benzene rings is 3. The number of anilines is 3. The average Bonchev–Trinajstić information content (AvgIpc) is 1.29. The maximum absolute atomic E-state index is 12.0. The Morgan fingerprint density at radius 3 is 1.10 bits per heavy atom. The molecular weight excluding hydrogens is 1500 g/mol. The highest BCUT2D eigenvalue weighted by molar-refractivity contribution is 5.85. The number of rotatable bonds is 33. The van der Waals surface area contributed by atoms with Gasteiger partial charge in [0.05, 0.1) is 46.9 Å². The summed E-state index contributed by atoms with van der Waals surface area (Å²) < 4.78 is 77.8. The minimum atomic E-state index is -1.29. The van der Waals surface area contributed by atoms with Gasteiger partial charge >= 0.3 is 29.8 Å². The van der Waals surface area contributed by atoms with Crippen LogP contribution in [0.15, 0.2) is 92.6 Å². The summed E-state index contributed by atoms with van der Waals surface area (Å²) in [6.45, 7) is 13.8. The molecule has 13 rings (SSSR count). The van der Waals surface area contributed by atoms with Crippen molar-refractivity contribution >= 4 is 80.8 Å². The van der Waals surface area contributed by atoms with Gasteiger partial charge < -0.3 is 103 Å². The van der Waals surface area contributed by atoms with E-state index in [-0.39, 0.29) is 43.5 Å². The Labute approximate surface area is 660 Å². The van der Waals surface area contributed by atoms with E-state index in [0.29, 0.717) is 163 Å². The molecule has 4 saturated heterocycles. The monoisotopic (exact) mass is 1600 g/mol. The molecule has 0 bridgehead atoms. The van der Waals surface area contributed by atoms with Gasteiger partial charge in [-0.05, 0) is 99.0 Å².